The third-order valence-electron chi connectivity index (χ3n) is 16.0. The molecule has 0 aliphatic heterocycles. The van der Waals surface area contributed by atoms with Crippen molar-refractivity contribution < 1.29 is 28.6 Å². The molecule has 0 aromatic carbocycles. The van der Waals surface area contributed by atoms with Crippen molar-refractivity contribution in [1.29, 1.82) is 0 Å². The van der Waals surface area contributed by atoms with Crippen LogP contribution in [0.1, 0.15) is 380 Å². The number of unbranched alkanes of at least 4 members (excludes halogenated alkanes) is 45. The van der Waals surface area contributed by atoms with Gasteiger partial charge in [0.2, 0.25) is 0 Å². The maximum absolute atomic E-state index is 12.9. The normalized spacial score (nSPS) is 12.4. The fourth-order valence-corrected chi connectivity index (χ4v) is 10.7. The molecule has 1 atom stereocenters. The van der Waals surface area contributed by atoms with Gasteiger partial charge in [0.25, 0.3) is 0 Å². The topological polar surface area (TPSA) is 78.9 Å². The van der Waals surface area contributed by atoms with Gasteiger partial charge in [-0.05, 0) is 83.5 Å². The number of ether oxygens (including phenoxy) is 3. The van der Waals surface area contributed by atoms with E-state index in [9.17, 15) is 14.4 Å². The number of allylic oxidation sites excluding steroid dienone is 10. The molecule has 0 aromatic rings. The highest BCUT2D eigenvalue weighted by atomic mass is 16.6. The van der Waals surface area contributed by atoms with Crippen LogP contribution in [0, 0.1) is 0 Å². The number of carbonyl (C=O) groups excluding carboxylic acids is 3. The van der Waals surface area contributed by atoms with Gasteiger partial charge in [0.05, 0.1) is 0 Å². The molecule has 0 saturated carbocycles. The number of carbonyl (C=O) groups is 3. The van der Waals surface area contributed by atoms with E-state index in [1.807, 2.05) is 0 Å². The zero-order chi connectivity index (χ0) is 58.5. The van der Waals surface area contributed by atoms with E-state index in [1.54, 1.807) is 0 Å². The van der Waals surface area contributed by atoms with Gasteiger partial charge in [0.15, 0.2) is 6.10 Å². The summed E-state index contributed by atoms with van der Waals surface area (Å²) in [7, 11) is 0. The third-order valence-corrected chi connectivity index (χ3v) is 16.0. The molecule has 0 spiro atoms. The highest BCUT2D eigenvalue weighted by Gasteiger charge is 2.19. The Morgan fingerprint density at radius 2 is 0.481 bits per heavy atom. The van der Waals surface area contributed by atoms with E-state index in [2.05, 4.69) is 81.5 Å². The molecule has 6 heteroatoms. The lowest BCUT2D eigenvalue weighted by atomic mass is 10.0. The van der Waals surface area contributed by atoms with Crippen molar-refractivity contribution in [3.05, 3.63) is 60.8 Å². The van der Waals surface area contributed by atoms with Crippen LogP contribution in [-0.2, 0) is 28.6 Å². The number of hydrogen-bond donors (Lipinski definition) is 0. The van der Waals surface area contributed by atoms with Gasteiger partial charge in [-0.15, -0.1) is 0 Å². The molecule has 0 amide bonds. The van der Waals surface area contributed by atoms with Crippen molar-refractivity contribution in [3.63, 3.8) is 0 Å². The van der Waals surface area contributed by atoms with Crippen LogP contribution in [0.5, 0.6) is 0 Å². The van der Waals surface area contributed by atoms with E-state index in [0.717, 1.165) is 83.5 Å². The molecule has 6 nitrogen and oxygen atoms in total. The van der Waals surface area contributed by atoms with Crippen LogP contribution in [0.4, 0.5) is 0 Å². The summed E-state index contributed by atoms with van der Waals surface area (Å²) in [5, 5.41) is 0. The van der Waals surface area contributed by atoms with E-state index in [0.29, 0.717) is 19.3 Å². The molecule has 0 saturated heterocycles. The van der Waals surface area contributed by atoms with Crippen LogP contribution in [-0.4, -0.2) is 37.2 Å². The van der Waals surface area contributed by atoms with Gasteiger partial charge in [-0.2, -0.15) is 0 Å². The van der Waals surface area contributed by atoms with Crippen molar-refractivity contribution in [3.8, 4) is 0 Å². The standard InChI is InChI=1S/C75H136O6/c1-4-7-10-13-16-19-22-25-28-31-32-33-34-35-36-37-38-39-40-41-42-45-47-50-53-56-59-62-65-68-74(77)80-71-72(81-75(78)69-66-63-60-57-54-51-48-44-30-27-24-21-18-15-12-9-6-3)70-79-73(76)67-64-61-58-55-52-49-46-43-29-26-23-20-17-14-11-8-5-2/h7,10,16,19,25,27-28,30,32-33,72H,4-6,8-9,11-15,17-18,20-24,26,29,31,34-71H2,1-3H3/b10-7-,19-16-,28-25-,30-27-,33-32-. The molecule has 0 aliphatic rings. The summed E-state index contributed by atoms with van der Waals surface area (Å²) < 4.78 is 17.0. The smallest absolute Gasteiger partial charge is 0.306 e. The van der Waals surface area contributed by atoms with Crippen molar-refractivity contribution >= 4 is 17.9 Å². The molecule has 472 valence electrons. The van der Waals surface area contributed by atoms with Crippen LogP contribution in [0.2, 0.25) is 0 Å². The van der Waals surface area contributed by atoms with Gasteiger partial charge in [-0.25, -0.2) is 0 Å². The third kappa shape index (κ3) is 67.8. The van der Waals surface area contributed by atoms with Crippen LogP contribution in [0.15, 0.2) is 60.8 Å². The predicted molar refractivity (Wildman–Crippen MR) is 353 cm³/mol. The summed E-state index contributed by atoms with van der Waals surface area (Å²) >= 11 is 0. The van der Waals surface area contributed by atoms with Crippen molar-refractivity contribution in [2.45, 2.75) is 386 Å². The maximum atomic E-state index is 12.9. The van der Waals surface area contributed by atoms with Gasteiger partial charge in [-0.1, -0.05) is 338 Å². The minimum absolute atomic E-state index is 0.0698. The first kappa shape index (κ1) is 78.1. The minimum Gasteiger partial charge on any atom is -0.462 e. The molecule has 0 bridgehead atoms. The van der Waals surface area contributed by atoms with Crippen molar-refractivity contribution in [1.82, 2.24) is 0 Å². The van der Waals surface area contributed by atoms with Gasteiger partial charge < -0.3 is 14.2 Å². The van der Waals surface area contributed by atoms with E-state index in [-0.39, 0.29) is 31.1 Å². The number of hydrogen-bond acceptors (Lipinski definition) is 6. The highest BCUT2D eigenvalue weighted by Crippen LogP contribution is 2.18. The Hall–Kier alpha value is -2.89. The fourth-order valence-electron chi connectivity index (χ4n) is 10.7. The number of esters is 3. The van der Waals surface area contributed by atoms with E-state index < -0.39 is 6.10 Å². The van der Waals surface area contributed by atoms with Crippen LogP contribution in [0.25, 0.3) is 0 Å². The Kier molecular flexibility index (Phi) is 67.1. The lowest BCUT2D eigenvalue weighted by Crippen LogP contribution is -2.30. The summed E-state index contributed by atoms with van der Waals surface area (Å²) in [6, 6.07) is 0. The highest BCUT2D eigenvalue weighted by molar-refractivity contribution is 5.71. The van der Waals surface area contributed by atoms with Crippen LogP contribution < -0.4 is 0 Å². The molecule has 81 heavy (non-hydrogen) atoms. The first-order valence-corrected chi connectivity index (χ1v) is 35.8. The fraction of sp³-hybridized carbons (Fsp3) is 0.827. The zero-order valence-corrected chi connectivity index (χ0v) is 54.3. The quantitative estimate of drug-likeness (QED) is 0.0261. The molecule has 0 rings (SSSR count). The molecular formula is C75H136O6. The first-order valence-electron chi connectivity index (χ1n) is 35.8. The Morgan fingerprint density at radius 3 is 0.765 bits per heavy atom. The second-order valence-electron chi connectivity index (χ2n) is 24.1. The zero-order valence-electron chi connectivity index (χ0n) is 54.3. The summed E-state index contributed by atoms with van der Waals surface area (Å²) in [5.41, 5.74) is 0. The monoisotopic (exact) mass is 1130 g/mol. The molecule has 0 heterocycles. The molecule has 0 radical (unpaired) electrons. The van der Waals surface area contributed by atoms with Gasteiger partial charge >= 0.3 is 17.9 Å². The van der Waals surface area contributed by atoms with Crippen LogP contribution in [0.3, 0.4) is 0 Å². The Morgan fingerprint density at radius 1 is 0.259 bits per heavy atom. The maximum Gasteiger partial charge on any atom is 0.306 e. The Balaban J connectivity index is 4.24. The summed E-state index contributed by atoms with van der Waals surface area (Å²) in [6.07, 6.45) is 89.6. The molecule has 0 aromatic heterocycles. The minimum atomic E-state index is -0.774. The molecule has 1 unspecified atom stereocenters. The molecule has 0 aliphatic carbocycles. The summed E-state index contributed by atoms with van der Waals surface area (Å²) in [4.78, 5) is 38.5. The second-order valence-corrected chi connectivity index (χ2v) is 24.1. The van der Waals surface area contributed by atoms with E-state index in [4.69, 9.17) is 14.2 Å². The molecule has 0 N–H and O–H groups in total. The number of rotatable bonds is 66. The lowest BCUT2D eigenvalue weighted by molar-refractivity contribution is -0.167. The van der Waals surface area contributed by atoms with Crippen molar-refractivity contribution in [2.24, 2.45) is 0 Å². The van der Waals surface area contributed by atoms with Gasteiger partial charge in [-0.3, -0.25) is 14.4 Å². The SMILES string of the molecule is CC/C=C\C/C=C\C/C=C\C/C=C\CCCCCCCCCCCCCCCCCCC(=O)OCC(COC(=O)CCCCCCCCCCCCCCCCCCC)OC(=O)CCCCCCCCC/C=C\CCCCCCCC. The predicted octanol–water partition coefficient (Wildman–Crippen LogP) is 24.7. The van der Waals surface area contributed by atoms with Gasteiger partial charge in [0, 0.05) is 19.3 Å². The van der Waals surface area contributed by atoms with Crippen LogP contribution >= 0.6 is 0 Å². The van der Waals surface area contributed by atoms with Gasteiger partial charge in [0.1, 0.15) is 13.2 Å². The average molecular weight is 1130 g/mol. The van der Waals surface area contributed by atoms with E-state index in [1.165, 1.54) is 257 Å². The molecular weight excluding hydrogens is 997 g/mol. The average Bonchev–Trinajstić information content (AvgIpc) is 3.47. The van der Waals surface area contributed by atoms with Crippen molar-refractivity contribution in [2.75, 3.05) is 13.2 Å². The van der Waals surface area contributed by atoms with E-state index >= 15 is 0 Å². The lowest BCUT2D eigenvalue weighted by Gasteiger charge is -2.18. The largest absolute Gasteiger partial charge is 0.462 e. The second kappa shape index (κ2) is 69.6. The Bertz CT molecular complexity index is 1440. The first-order chi connectivity index (χ1) is 40.0. The molecule has 0 fully saturated rings. The summed E-state index contributed by atoms with van der Waals surface area (Å²) in [6.45, 7) is 6.59. The summed E-state index contributed by atoms with van der Waals surface area (Å²) in [5.74, 6) is -0.847. The Labute approximate surface area is 504 Å².